The summed E-state index contributed by atoms with van der Waals surface area (Å²) in [6.07, 6.45) is -0.308. The summed E-state index contributed by atoms with van der Waals surface area (Å²) in [5, 5.41) is 17.0. The summed E-state index contributed by atoms with van der Waals surface area (Å²) in [6.45, 7) is 7.18. The second-order valence-electron chi connectivity index (χ2n) is 5.38. The maximum Gasteiger partial charge on any atom is 0.314 e. The summed E-state index contributed by atoms with van der Waals surface area (Å²) >= 11 is 0. The molecule has 20 heavy (non-hydrogen) atoms. The molecule has 0 saturated carbocycles. The van der Waals surface area contributed by atoms with Crippen molar-refractivity contribution < 1.29 is 24.3 Å². The molecule has 0 spiro atoms. The van der Waals surface area contributed by atoms with E-state index in [0.717, 1.165) is 0 Å². The van der Waals surface area contributed by atoms with Crippen LogP contribution in [0, 0.1) is 5.41 Å². The maximum atomic E-state index is 11.5. The van der Waals surface area contributed by atoms with E-state index in [1.54, 1.807) is 27.8 Å². The molecule has 0 aromatic carbocycles. The van der Waals surface area contributed by atoms with Crippen molar-refractivity contribution in [3.8, 4) is 0 Å². The highest BCUT2D eigenvalue weighted by Crippen LogP contribution is 2.16. The highest BCUT2D eigenvalue weighted by molar-refractivity contribution is 5.75. The number of carbonyl (C=O) groups is 2. The van der Waals surface area contributed by atoms with E-state index >= 15 is 0 Å². The fraction of sp³-hybridized carbons (Fsp3) is 0.833. The van der Waals surface area contributed by atoms with Gasteiger partial charge in [0.25, 0.3) is 6.29 Å². The Morgan fingerprint density at radius 1 is 1.35 bits per heavy atom. The van der Waals surface area contributed by atoms with Crippen LogP contribution in [0.3, 0.4) is 0 Å². The van der Waals surface area contributed by atoms with E-state index < -0.39 is 23.6 Å². The van der Waals surface area contributed by atoms with E-state index in [1.807, 2.05) is 0 Å². The van der Waals surface area contributed by atoms with E-state index in [1.165, 1.54) is 11.9 Å². The number of ether oxygens (including phenoxy) is 1. The van der Waals surface area contributed by atoms with Crippen LogP contribution in [0.5, 0.6) is 0 Å². The van der Waals surface area contributed by atoms with Crippen LogP contribution in [0.25, 0.3) is 0 Å². The van der Waals surface area contributed by atoms with Crippen LogP contribution in [0.4, 0.5) is 0 Å². The molecule has 0 amide bonds. The lowest BCUT2D eigenvalue weighted by atomic mass is 9.97. The molecule has 0 aromatic rings. The highest BCUT2D eigenvalue weighted by atomic mass is 16.8. The molecule has 116 valence electrons. The van der Waals surface area contributed by atoms with Crippen LogP contribution in [-0.2, 0) is 19.2 Å². The molecule has 0 heterocycles. The van der Waals surface area contributed by atoms with Gasteiger partial charge in [0, 0.05) is 32.2 Å². The molecule has 1 N–H and O–H groups in total. The number of esters is 1. The van der Waals surface area contributed by atoms with Crippen LogP contribution < -0.4 is 0 Å². The summed E-state index contributed by atoms with van der Waals surface area (Å²) in [6, 6.07) is 0. The molecular formula is C12H23N3O5. The molecule has 0 aromatic heterocycles. The van der Waals surface area contributed by atoms with Crippen molar-refractivity contribution in [2.45, 2.75) is 46.8 Å². The number of aliphatic carboxylic acids is 1. The number of carboxylic acids is 1. The predicted molar refractivity (Wildman–Crippen MR) is 70.4 cm³/mol. The second kappa shape index (κ2) is 8.34. The molecule has 0 aliphatic heterocycles. The third-order valence-electron chi connectivity index (χ3n) is 2.14. The van der Waals surface area contributed by atoms with E-state index in [2.05, 4.69) is 10.5 Å². The Morgan fingerprint density at radius 3 is 2.45 bits per heavy atom. The van der Waals surface area contributed by atoms with Gasteiger partial charge in [-0.05, 0) is 32.4 Å². The fourth-order valence-corrected chi connectivity index (χ4v) is 1.00. The van der Waals surface area contributed by atoms with Gasteiger partial charge in [0.15, 0.2) is 0 Å². The average Bonchev–Trinajstić information content (AvgIpc) is 2.26. The first kappa shape index (κ1) is 18.1. The number of hydrogen-bond donors (Lipinski definition) is 1. The fourth-order valence-electron chi connectivity index (χ4n) is 1.00. The monoisotopic (exact) mass is 289 g/mol. The molecule has 0 rings (SSSR count). The molecule has 1 atom stereocenters. The topological polar surface area (TPSA) is 101 Å². The zero-order chi connectivity index (χ0) is 15.8. The Labute approximate surface area is 118 Å². The van der Waals surface area contributed by atoms with Gasteiger partial charge < -0.3 is 14.7 Å². The summed E-state index contributed by atoms with van der Waals surface area (Å²) < 4.78 is 5.00. The molecular weight excluding hydrogens is 266 g/mol. The SMILES string of the molecule is CC(O/N=N\N(C)CCCC(=O)O)OC(=O)C(C)(C)C. The van der Waals surface area contributed by atoms with Gasteiger partial charge in [0.2, 0.25) is 0 Å². The number of carbonyl (C=O) groups excluding carboxylic acids is 1. The van der Waals surface area contributed by atoms with Gasteiger partial charge in [0.1, 0.15) is 0 Å². The van der Waals surface area contributed by atoms with Gasteiger partial charge in [0.05, 0.1) is 5.41 Å². The molecule has 0 saturated heterocycles. The lowest BCUT2D eigenvalue weighted by Gasteiger charge is -2.19. The van der Waals surface area contributed by atoms with Gasteiger partial charge in [-0.1, -0.05) is 0 Å². The third kappa shape index (κ3) is 9.12. The quantitative estimate of drug-likeness (QED) is 0.317. The molecule has 0 bridgehead atoms. The van der Waals surface area contributed by atoms with Crippen LogP contribution in [0.15, 0.2) is 10.5 Å². The van der Waals surface area contributed by atoms with E-state index in [-0.39, 0.29) is 6.42 Å². The lowest BCUT2D eigenvalue weighted by Crippen LogP contribution is -2.27. The smallest absolute Gasteiger partial charge is 0.314 e. The standard InChI is InChI=1S/C12H23N3O5/c1-9(19-11(18)12(2,3)4)20-14-13-15(5)8-6-7-10(16)17/h9H,6-8H2,1-5H3,(H,16,17)/b14-13-. The number of rotatable bonds is 8. The van der Waals surface area contributed by atoms with E-state index in [0.29, 0.717) is 13.0 Å². The van der Waals surface area contributed by atoms with Gasteiger partial charge in [-0.3, -0.25) is 14.6 Å². The van der Waals surface area contributed by atoms with Gasteiger partial charge in [-0.2, -0.15) is 0 Å². The Hall–Kier alpha value is -1.86. The van der Waals surface area contributed by atoms with Crippen LogP contribution in [0.1, 0.15) is 40.5 Å². The molecule has 0 fully saturated rings. The molecule has 8 nitrogen and oxygen atoms in total. The van der Waals surface area contributed by atoms with Crippen molar-refractivity contribution in [2.75, 3.05) is 13.6 Å². The largest absolute Gasteiger partial charge is 0.481 e. The summed E-state index contributed by atoms with van der Waals surface area (Å²) in [7, 11) is 1.64. The van der Waals surface area contributed by atoms with Gasteiger partial charge >= 0.3 is 11.9 Å². The van der Waals surface area contributed by atoms with Crippen molar-refractivity contribution in [1.29, 1.82) is 0 Å². The number of hydrogen-bond acceptors (Lipinski definition) is 6. The minimum Gasteiger partial charge on any atom is -0.481 e. The van der Waals surface area contributed by atoms with Crippen LogP contribution in [-0.4, -0.2) is 41.9 Å². The minimum atomic E-state index is -0.852. The number of nitrogens with zero attached hydrogens (tertiary/aromatic N) is 3. The molecule has 1 unspecified atom stereocenters. The lowest BCUT2D eigenvalue weighted by molar-refractivity contribution is -0.186. The van der Waals surface area contributed by atoms with Crippen molar-refractivity contribution in [3.63, 3.8) is 0 Å². The molecule has 0 aliphatic carbocycles. The highest BCUT2D eigenvalue weighted by Gasteiger charge is 2.25. The molecule has 8 heteroatoms. The normalized spacial score (nSPS) is 13.1. The predicted octanol–water partition coefficient (Wildman–Crippen LogP) is 2.02. The molecule has 0 radical (unpaired) electrons. The Bertz CT molecular complexity index is 351. The average molecular weight is 289 g/mol. The van der Waals surface area contributed by atoms with Gasteiger partial charge in [-0.15, -0.1) is 0 Å². The van der Waals surface area contributed by atoms with Crippen LogP contribution in [0.2, 0.25) is 0 Å². The van der Waals surface area contributed by atoms with Crippen molar-refractivity contribution in [1.82, 2.24) is 5.01 Å². The minimum absolute atomic E-state index is 0.0698. The second-order valence-corrected chi connectivity index (χ2v) is 5.38. The Kier molecular flexibility index (Phi) is 7.56. The number of carboxylic acid groups (broad SMARTS) is 1. The Morgan fingerprint density at radius 2 is 1.95 bits per heavy atom. The zero-order valence-corrected chi connectivity index (χ0v) is 12.6. The first-order valence-electron chi connectivity index (χ1n) is 6.33. The Balaban J connectivity index is 3.93. The first-order valence-corrected chi connectivity index (χ1v) is 6.33. The van der Waals surface area contributed by atoms with Crippen molar-refractivity contribution in [3.05, 3.63) is 0 Å². The van der Waals surface area contributed by atoms with Crippen molar-refractivity contribution in [2.24, 2.45) is 15.9 Å². The van der Waals surface area contributed by atoms with E-state index in [9.17, 15) is 9.59 Å². The third-order valence-corrected chi connectivity index (χ3v) is 2.14. The summed E-state index contributed by atoms with van der Waals surface area (Å²) in [5.74, 6) is -1.25. The molecule has 0 aliphatic rings. The zero-order valence-electron chi connectivity index (χ0n) is 12.6. The summed E-state index contributed by atoms with van der Waals surface area (Å²) in [4.78, 5) is 26.7. The van der Waals surface area contributed by atoms with Crippen LogP contribution >= 0.6 is 0 Å². The summed E-state index contributed by atoms with van der Waals surface area (Å²) in [5.41, 5.74) is -0.609. The van der Waals surface area contributed by atoms with Crippen molar-refractivity contribution >= 4 is 11.9 Å². The van der Waals surface area contributed by atoms with Gasteiger partial charge in [-0.25, -0.2) is 0 Å². The van der Waals surface area contributed by atoms with E-state index in [4.69, 9.17) is 14.7 Å². The maximum absolute atomic E-state index is 11.5. The first-order chi connectivity index (χ1) is 9.12.